The number of nitro benzene ring substituents is 2. The molecule has 0 unspecified atom stereocenters. The Kier molecular flexibility index (Phi) is 5.60. The van der Waals surface area contributed by atoms with E-state index in [0.717, 1.165) is 25.0 Å². The van der Waals surface area contributed by atoms with E-state index < -0.39 is 21.2 Å². The second-order valence-electron chi connectivity index (χ2n) is 8.41. The monoisotopic (exact) mass is 438 g/mol. The molecular formula is C22H22N4O6. The summed E-state index contributed by atoms with van der Waals surface area (Å²) in [7, 11) is 0. The van der Waals surface area contributed by atoms with Crippen LogP contribution in [-0.2, 0) is 4.79 Å². The molecule has 1 N–H and O–H groups in total. The van der Waals surface area contributed by atoms with Gasteiger partial charge in [-0.25, -0.2) is 5.43 Å². The number of amides is 1. The number of ether oxygens (including phenoxy) is 1. The van der Waals surface area contributed by atoms with Crippen molar-refractivity contribution in [2.24, 2.45) is 22.4 Å². The Morgan fingerprint density at radius 1 is 1.16 bits per heavy atom. The van der Waals surface area contributed by atoms with Gasteiger partial charge in [-0.2, -0.15) is 5.10 Å². The zero-order valence-corrected chi connectivity index (χ0v) is 17.4. The number of carbonyl (C=O) groups is 1. The van der Waals surface area contributed by atoms with Crippen molar-refractivity contribution in [2.75, 3.05) is 0 Å². The van der Waals surface area contributed by atoms with Gasteiger partial charge in [0.25, 0.3) is 5.69 Å². The van der Waals surface area contributed by atoms with Crippen LogP contribution in [0.3, 0.4) is 0 Å². The van der Waals surface area contributed by atoms with Crippen molar-refractivity contribution in [3.8, 4) is 11.5 Å². The van der Waals surface area contributed by atoms with Crippen molar-refractivity contribution in [3.05, 3.63) is 68.3 Å². The first-order chi connectivity index (χ1) is 15.3. The number of nitrogens with one attached hydrogen (secondary N) is 1. The highest BCUT2D eigenvalue weighted by molar-refractivity contribution is 5.86. The molecule has 0 radical (unpaired) electrons. The quantitative estimate of drug-likeness (QED) is 0.382. The number of rotatable bonds is 7. The number of benzene rings is 2. The maximum atomic E-state index is 12.4. The van der Waals surface area contributed by atoms with Gasteiger partial charge in [0.1, 0.15) is 5.75 Å². The van der Waals surface area contributed by atoms with E-state index in [1.807, 2.05) is 0 Å². The van der Waals surface area contributed by atoms with Crippen LogP contribution in [0.2, 0.25) is 0 Å². The Labute approximate surface area is 183 Å². The summed E-state index contributed by atoms with van der Waals surface area (Å²) in [5, 5.41) is 26.1. The number of fused-ring (bicyclic) bond motifs is 1. The third-order valence-corrected chi connectivity index (χ3v) is 6.46. The minimum atomic E-state index is -0.734. The number of hydrazone groups is 1. The Morgan fingerprint density at radius 2 is 1.91 bits per heavy atom. The average Bonchev–Trinajstić information content (AvgIpc) is 3.40. The predicted octanol–water partition coefficient (Wildman–Crippen LogP) is 4.57. The van der Waals surface area contributed by atoms with Crippen LogP contribution in [0.4, 0.5) is 11.4 Å². The molecule has 0 saturated heterocycles. The number of carbonyl (C=O) groups excluding carboxylic acids is 1. The summed E-state index contributed by atoms with van der Waals surface area (Å²) in [4.78, 5) is 33.1. The zero-order chi connectivity index (χ0) is 22.9. The van der Waals surface area contributed by atoms with Crippen LogP contribution in [0.5, 0.6) is 11.5 Å². The molecule has 1 amide bonds. The third-order valence-electron chi connectivity index (χ3n) is 6.46. The van der Waals surface area contributed by atoms with Gasteiger partial charge in [-0.05, 0) is 60.1 Å². The minimum absolute atomic E-state index is 0.0374. The molecular weight excluding hydrogens is 416 g/mol. The highest BCUT2D eigenvalue weighted by atomic mass is 16.6. The largest absolute Gasteiger partial charge is 0.450 e. The summed E-state index contributed by atoms with van der Waals surface area (Å²) in [5.41, 5.74) is 2.57. The lowest BCUT2D eigenvalue weighted by atomic mass is 9.90. The van der Waals surface area contributed by atoms with E-state index in [2.05, 4.69) is 17.5 Å². The molecule has 2 aliphatic carbocycles. The second-order valence-corrected chi connectivity index (χ2v) is 8.41. The Balaban J connectivity index is 1.37. The maximum absolute atomic E-state index is 12.4. The fourth-order valence-electron chi connectivity index (χ4n) is 4.69. The molecule has 2 saturated carbocycles. The summed E-state index contributed by atoms with van der Waals surface area (Å²) in [6.07, 6.45) is 6.08. The minimum Gasteiger partial charge on any atom is -0.450 e. The van der Waals surface area contributed by atoms with E-state index >= 15 is 0 Å². The van der Waals surface area contributed by atoms with Gasteiger partial charge in [0, 0.05) is 12.0 Å². The van der Waals surface area contributed by atoms with E-state index in [1.54, 1.807) is 24.3 Å². The second kappa shape index (κ2) is 8.37. The number of nitro groups is 2. The van der Waals surface area contributed by atoms with E-state index in [0.29, 0.717) is 17.2 Å². The van der Waals surface area contributed by atoms with Gasteiger partial charge in [0.15, 0.2) is 0 Å². The maximum Gasteiger partial charge on any atom is 0.318 e. The fraction of sp³-hybridized carbons (Fsp3) is 0.364. The molecule has 0 heterocycles. The summed E-state index contributed by atoms with van der Waals surface area (Å²) in [5.74, 6) is 0.676. The molecule has 0 aliphatic heterocycles. The van der Waals surface area contributed by atoms with Crippen molar-refractivity contribution >= 4 is 23.5 Å². The average molecular weight is 438 g/mol. The van der Waals surface area contributed by atoms with Crippen molar-refractivity contribution in [3.63, 3.8) is 0 Å². The lowest BCUT2D eigenvalue weighted by molar-refractivity contribution is -0.394. The first kappa shape index (κ1) is 21.4. The van der Waals surface area contributed by atoms with E-state index in [4.69, 9.17) is 4.74 Å². The zero-order valence-electron chi connectivity index (χ0n) is 17.4. The molecule has 10 nitrogen and oxygen atoms in total. The van der Waals surface area contributed by atoms with Crippen LogP contribution in [-0.4, -0.2) is 22.0 Å². The molecule has 166 valence electrons. The van der Waals surface area contributed by atoms with Crippen molar-refractivity contribution in [1.82, 2.24) is 5.43 Å². The molecule has 2 aromatic rings. The van der Waals surface area contributed by atoms with Gasteiger partial charge < -0.3 is 4.74 Å². The van der Waals surface area contributed by atoms with Crippen LogP contribution in [0.25, 0.3) is 0 Å². The smallest absolute Gasteiger partial charge is 0.318 e. The number of hydrogen-bond donors (Lipinski definition) is 1. The Morgan fingerprint density at radius 3 is 2.53 bits per heavy atom. The molecule has 3 atom stereocenters. The van der Waals surface area contributed by atoms with Crippen molar-refractivity contribution in [2.45, 2.75) is 32.6 Å². The van der Waals surface area contributed by atoms with E-state index in [1.165, 1.54) is 25.1 Å². The van der Waals surface area contributed by atoms with Crippen LogP contribution in [0.15, 0.2) is 47.6 Å². The number of non-ortho nitro benzene ring substituents is 1. The van der Waals surface area contributed by atoms with E-state index in [-0.39, 0.29) is 23.0 Å². The summed E-state index contributed by atoms with van der Waals surface area (Å²) in [6.45, 7) is 2.18. The summed E-state index contributed by atoms with van der Waals surface area (Å²) < 4.78 is 5.53. The highest BCUT2D eigenvalue weighted by Gasteiger charge is 2.64. The molecule has 10 heteroatoms. The Bertz CT molecular complexity index is 1100. The van der Waals surface area contributed by atoms with Crippen molar-refractivity contribution in [1.29, 1.82) is 0 Å². The molecule has 0 aromatic heterocycles. The van der Waals surface area contributed by atoms with Crippen molar-refractivity contribution < 1.29 is 19.4 Å². The molecule has 2 aromatic carbocycles. The summed E-state index contributed by atoms with van der Waals surface area (Å²) in [6, 6.07) is 9.73. The van der Waals surface area contributed by atoms with Crippen LogP contribution >= 0.6 is 0 Å². The third kappa shape index (κ3) is 4.16. The van der Waals surface area contributed by atoms with Crippen LogP contribution in [0.1, 0.15) is 38.2 Å². The van der Waals surface area contributed by atoms with Gasteiger partial charge >= 0.3 is 5.69 Å². The molecule has 0 bridgehead atoms. The van der Waals surface area contributed by atoms with Crippen LogP contribution in [0, 0.1) is 37.5 Å². The Hall–Kier alpha value is -3.82. The standard InChI is InChI=1S/C22H22N4O6/c1-22-11-3-2-4-17(22)20(22)21(27)24-23-13-14-5-8-16(9-6-14)32-19-10-7-15(25(28)29)12-18(19)26(30)31/h5-10,12-13,17,20H,2-4,11H2,1H3,(H,24,27)/b23-13-/t17-,20+,22-/m0/s1. The predicted molar refractivity (Wildman–Crippen MR) is 116 cm³/mol. The molecule has 0 spiro atoms. The lowest BCUT2D eigenvalue weighted by Gasteiger charge is -2.15. The fourth-order valence-corrected chi connectivity index (χ4v) is 4.69. The van der Waals surface area contributed by atoms with Gasteiger partial charge in [0.05, 0.1) is 22.1 Å². The topological polar surface area (TPSA) is 137 Å². The molecule has 2 fully saturated rings. The van der Waals surface area contributed by atoms with Gasteiger partial charge in [-0.1, -0.05) is 19.8 Å². The molecule has 2 aliphatic rings. The molecule has 32 heavy (non-hydrogen) atoms. The first-order valence-corrected chi connectivity index (χ1v) is 10.3. The molecule has 4 rings (SSSR count). The first-order valence-electron chi connectivity index (χ1n) is 10.3. The SMILES string of the molecule is C[C@]12CCCC[C@H]1[C@@H]2C(=O)N/N=C\c1ccc(Oc2ccc([N+](=O)[O-])cc2[N+](=O)[O-])cc1. The van der Waals surface area contributed by atoms with Gasteiger partial charge in [-0.3, -0.25) is 25.0 Å². The number of hydrogen-bond acceptors (Lipinski definition) is 7. The lowest BCUT2D eigenvalue weighted by Crippen LogP contribution is -2.22. The van der Waals surface area contributed by atoms with Crippen LogP contribution < -0.4 is 10.2 Å². The van der Waals surface area contributed by atoms with E-state index in [9.17, 15) is 25.0 Å². The van der Waals surface area contributed by atoms with Gasteiger partial charge in [0.2, 0.25) is 11.7 Å². The number of nitrogens with zero attached hydrogens (tertiary/aromatic N) is 3. The summed E-state index contributed by atoms with van der Waals surface area (Å²) >= 11 is 0. The highest BCUT2D eigenvalue weighted by Crippen LogP contribution is 2.66. The normalized spacial score (nSPS) is 23.9. The van der Waals surface area contributed by atoms with Gasteiger partial charge in [-0.15, -0.1) is 0 Å².